The molecule has 0 aromatic heterocycles. The molecule has 0 aromatic carbocycles. The molecule has 0 bridgehead atoms. The van der Waals surface area contributed by atoms with Crippen molar-refractivity contribution < 1.29 is 110 Å². The second kappa shape index (κ2) is 15.6. The number of hydrogen-bond acceptors (Lipinski definition) is 9. The summed E-state index contributed by atoms with van der Waals surface area (Å²) in [6.07, 6.45) is -4.73. The van der Waals surface area contributed by atoms with Crippen molar-refractivity contribution in [2.24, 2.45) is 0 Å². The SMILES string of the molecule is O.O.O=C(O)CC(O)(CC(=O)O)C(=O)O.O=C([O-])CC(O)(CC(=O)O)C(=O)O.[Na+]. The van der Waals surface area contributed by atoms with E-state index in [-0.39, 0.29) is 40.5 Å². The van der Waals surface area contributed by atoms with Crippen LogP contribution in [0.15, 0.2) is 0 Å². The average molecular weight is 442 g/mol. The van der Waals surface area contributed by atoms with Crippen LogP contribution >= 0.6 is 0 Å². The summed E-state index contributed by atoms with van der Waals surface area (Å²) in [6.45, 7) is 0. The first kappa shape index (κ1) is 37.4. The molecule has 0 aliphatic carbocycles. The predicted molar refractivity (Wildman–Crippen MR) is 78.8 cm³/mol. The molecule has 1 atom stereocenters. The van der Waals surface area contributed by atoms with Crippen LogP contribution in [0.3, 0.4) is 0 Å². The quantitative estimate of drug-likeness (QED) is 0.154. The maximum absolute atomic E-state index is 10.3. The van der Waals surface area contributed by atoms with Crippen molar-refractivity contribution in [1.82, 2.24) is 0 Å². The van der Waals surface area contributed by atoms with Gasteiger partial charge in [-0.1, -0.05) is 0 Å². The minimum absolute atomic E-state index is 0. The number of rotatable bonds is 10. The molecule has 0 heterocycles. The fourth-order valence-corrected chi connectivity index (χ4v) is 1.42. The average Bonchev–Trinajstić information content (AvgIpc) is 2.34. The third kappa shape index (κ3) is 16.3. The van der Waals surface area contributed by atoms with Crippen LogP contribution in [-0.2, 0) is 28.8 Å². The van der Waals surface area contributed by atoms with E-state index in [0.29, 0.717) is 0 Å². The van der Waals surface area contributed by atoms with Crippen LogP contribution in [0.1, 0.15) is 25.7 Å². The Morgan fingerprint density at radius 1 is 0.586 bits per heavy atom. The van der Waals surface area contributed by atoms with E-state index in [0.717, 1.165) is 0 Å². The van der Waals surface area contributed by atoms with Crippen molar-refractivity contribution >= 4 is 35.8 Å². The Bertz CT molecular complexity index is 515. The molecule has 16 nitrogen and oxygen atoms in total. The Morgan fingerprint density at radius 2 is 0.793 bits per heavy atom. The first-order chi connectivity index (χ1) is 11.6. The maximum Gasteiger partial charge on any atom is 1.00 e. The molecule has 0 fully saturated rings. The molecule has 0 aliphatic heterocycles. The first-order valence-electron chi connectivity index (χ1n) is 6.32. The molecular weight excluding hydrogens is 423 g/mol. The van der Waals surface area contributed by atoms with Crippen molar-refractivity contribution in [3.05, 3.63) is 0 Å². The van der Waals surface area contributed by atoms with E-state index >= 15 is 0 Å². The molecule has 0 rings (SSSR count). The Morgan fingerprint density at radius 3 is 0.931 bits per heavy atom. The zero-order valence-corrected chi connectivity index (χ0v) is 16.8. The summed E-state index contributed by atoms with van der Waals surface area (Å²) in [4.78, 5) is 60.8. The second-order valence-corrected chi connectivity index (χ2v) is 4.93. The molecule has 0 radical (unpaired) electrons. The van der Waals surface area contributed by atoms with Crippen LogP contribution in [-0.4, -0.2) is 93.7 Å². The standard InChI is InChI=1S/2C6H8O7.Na.2H2O/c2*7-3(8)1-6(13,5(11)12)2-4(9)10;;;/h2*13H,1-2H2,(H,7,8)(H,9,10)(H,11,12);;2*1H2/q;;+1;;/p-1. The molecule has 17 heteroatoms. The van der Waals surface area contributed by atoms with E-state index in [1.807, 2.05) is 0 Å². The fraction of sp³-hybridized carbons (Fsp3) is 0.500. The molecule has 0 aliphatic rings. The van der Waals surface area contributed by atoms with Gasteiger partial charge < -0.3 is 56.6 Å². The predicted octanol–water partition coefficient (Wildman–Crippen LogP) is -8.48. The van der Waals surface area contributed by atoms with Crippen molar-refractivity contribution in [1.29, 1.82) is 0 Å². The molecular formula is C12H19NaO16. The van der Waals surface area contributed by atoms with E-state index < -0.39 is 72.7 Å². The molecule has 0 aromatic rings. The zero-order valence-electron chi connectivity index (χ0n) is 14.8. The number of hydrogen-bond donors (Lipinski definition) is 7. The number of carbonyl (C=O) groups excluding carboxylic acids is 1. The number of aliphatic carboxylic acids is 6. The summed E-state index contributed by atoms with van der Waals surface area (Å²) in [6, 6.07) is 0. The van der Waals surface area contributed by atoms with Gasteiger partial charge in [0.05, 0.1) is 19.3 Å². The van der Waals surface area contributed by atoms with Gasteiger partial charge in [0.2, 0.25) is 0 Å². The third-order valence-corrected chi connectivity index (χ3v) is 2.56. The van der Waals surface area contributed by atoms with Gasteiger partial charge in [-0.25, -0.2) is 9.59 Å². The summed E-state index contributed by atoms with van der Waals surface area (Å²) in [5.74, 6) is -10.4. The van der Waals surface area contributed by atoms with Crippen molar-refractivity contribution in [2.75, 3.05) is 0 Å². The van der Waals surface area contributed by atoms with Crippen molar-refractivity contribution in [2.45, 2.75) is 36.9 Å². The Labute approximate surface area is 182 Å². The van der Waals surface area contributed by atoms with E-state index in [2.05, 4.69) is 0 Å². The van der Waals surface area contributed by atoms with E-state index in [9.17, 15) is 33.9 Å². The summed E-state index contributed by atoms with van der Waals surface area (Å²) in [5, 5.41) is 69.3. The first-order valence-corrected chi connectivity index (χ1v) is 6.32. The molecule has 29 heavy (non-hydrogen) atoms. The van der Waals surface area contributed by atoms with Gasteiger partial charge in [0.25, 0.3) is 0 Å². The Hall–Kier alpha value is -2.34. The van der Waals surface area contributed by atoms with Gasteiger partial charge in [-0.3, -0.25) is 14.4 Å². The van der Waals surface area contributed by atoms with Crippen molar-refractivity contribution in [3.8, 4) is 0 Å². The van der Waals surface area contributed by atoms with Gasteiger partial charge in [-0.15, -0.1) is 0 Å². The van der Waals surface area contributed by atoms with E-state index in [1.54, 1.807) is 0 Å². The van der Waals surface area contributed by atoms with Crippen LogP contribution in [0.5, 0.6) is 0 Å². The van der Waals surface area contributed by atoms with E-state index in [1.165, 1.54) is 0 Å². The number of aliphatic hydroxyl groups is 2. The second-order valence-electron chi connectivity index (χ2n) is 4.93. The van der Waals surface area contributed by atoms with Gasteiger partial charge in [0.15, 0.2) is 11.2 Å². The van der Waals surface area contributed by atoms with Crippen LogP contribution in [0.4, 0.5) is 0 Å². The summed E-state index contributed by atoms with van der Waals surface area (Å²) < 4.78 is 0. The van der Waals surface area contributed by atoms with Crippen LogP contribution < -0.4 is 34.7 Å². The van der Waals surface area contributed by atoms with Crippen LogP contribution in [0, 0.1) is 0 Å². The molecule has 0 spiro atoms. The van der Waals surface area contributed by atoms with Gasteiger partial charge in [0.1, 0.15) is 0 Å². The molecule has 164 valence electrons. The Balaban J connectivity index is -0.000000120. The van der Waals surface area contributed by atoms with Crippen LogP contribution in [0.2, 0.25) is 0 Å². The van der Waals surface area contributed by atoms with E-state index in [4.69, 9.17) is 35.7 Å². The van der Waals surface area contributed by atoms with Crippen molar-refractivity contribution in [3.63, 3.8) is 0 Å². The summed E-state index contributed by atoms with van der Waals surface area (Å²) >= 11 is 0. The monoisotopic (exact) mass is 442 g/mol. The Kier molecular flexibility index (Phi) is 20.1. The largest absolute Gasteiger partial charge is 1.00 e. The molecule has 1 unspecified atom stereocenters. The maximum atomic E-state index is 10.3. The minimum Gasteiger partial charge on any atom is -0.550 e. The number of carbonyl (C=O) groups is 6. The number of carboxylic acid groups (broad SMARTS) is 6. The topological polar surface area (TPSA) is 330 Å². The molecule has 0 saturated heterocycles. The van der Waals surface area contributed by atoms with Crippen LogP contribution in [0.25, 0.3) is 0 Å². The molecule has 0 amide bonds. The summed E-state index contributed by atoms with van der Waals surface area (Å²) in [5.41, 5.74) is -5.54. The summed E-state index contributed by atoms with van der Waals surface area (Å²) in [7, 11) is 0. The van der Waals surface area contributed by atoms with Gasteiger partial charge in [-0.2, -0.15) is 0 Å². The third-order valence-electron chi connectivity index (χ3n) is 2.56. The normalized spacial score (nSPS) is 11.4. The molecule has 11 N–H and O–H groups in total. The minimum atomic E-state index is -2.80. The smallest absolute Gasteiger partial charge is 0.550 e. The fourth-order valence-electron chi connectivity index (χ4n) is 1.42. The number of carboxylic acids is 6. The zero-order chi connectivity index (χ0) is 21.3. The van der Waals surface area contributed by atoms with Gasteiger partial charge in [0, 0.05) is 12.4 Å². The van der Waals surface area contributed by atoms with Gasteiger partial charge in [-0.05, 0) is 0 Å². The molecule has 0 saturated carbocycles. The van der Waals surface area contributed by atoms with Gasteiger partial charge >= 0.3 is 59.4 Å².